The Morgan fingerprint density at radius 3 is 2.55 bits per heavy atom. The Balaban J connectivity index is 1.80. The highest BCUT2D eigenvalue weighted by Crippen LogP contribution is 2.40. The van der Waals surface area contributed by atoms with Gasteiger partial charge in [0.05, 0.1) is 19.4 Å². The Bertz CT molecular complexity index is 1120. The molecule has 160 valence electrons. The lowest BCUT2D eigenvalue weighted by molar-refractivity contribution is -0.145. The number of rotatable bonds is 7. The van der Waals surface area contributed by atoms with Crippen molar-refractivity contribution in [1.82, 2.24) is 9.97 Å². The fourth-order valence-electron chi connectivity index (χ4n) is 3.22. The van der Waals surface area contributed by atoms with Crippen LogP contribution in [0, 0.1) is 5.82 Å². The molecule has 0 unspecified atom stereocenters. The molecule has 0 radical (unpaired) electrons. The molecule has 1 aliphatic rings. The van der Waals surface area contributed by atoms with Crippen LogP contribution in [0.15, 0.2) is 48.5 Å². The minimum absolute atomic E-state index is 0.265. The maximum absolute atomic E-state index is 14.7. The van der Waals surface area contributed by atoms with Crippen LogP contribution in [0.5, 0.6) is 5.75 Å². The Labute approximate surface area is 184 Å². The van der Waals surface area contributed by atoms with Crippen molar-refractivity contribution in [2.24, 2.45) is 0 Å². The lowest BCUT2D eigenvalue weighted by Crippen LogP contribution is -2.34. The summed E-state index contributed by atoms with van der Waals surface area (Å²) in [6, 6.07) is 13.1. The van der Waals surface area contributed by atoms with E-state index in [2.05, 4.69) is 15.3 Å². The number of carbonyl (C=O) groups is 1. The van der Waals surface area contributed by atoms with Crippen LogP contribution in [0.1, 0.15) is 19.8 Å². The van der Waals surface area contributed by atoms with E-state index in [-0.39, 0.29) is 11.5 Å². The number of ether oxygens (including phenoxy) is 2. The average molecular weight is 442 g/mol. The van der Waals surface area contributed by atoms with Crippen LogP contribution in [-0.2, 0) is 9.53 Å². The third kappa shape index (κ3) is 4.46. The quantitative estimate of drug-likeness (QED) is 0.513. The van der Waals surface area contributed by atoms with E-state index in [1.807, 2.05) is 0 Å². The highest BCUT2D eigenvalue weighted by atomic mass is 35.5. The third-order valence-corrected chi connectivity index (χ3v) is 5.31. The smallest absolute Gasteiger partial charge is 0.331 e. The Hall–Kier alpha value is -3.19. The maximum Gasteiger partial charge on any atom is 0.331 e. The van der Waals surface area contributed by atoms with Gasteiger partial charge in [-0.2, -0.15) is 0 Å². The van der Waals surface area contributed by atoms with E-state index in [0.717, 1.165) is 0 Å². The second kappa shape index (κ2) is 8.51. The van der Waals surface area contributed by atoms with Gasteiger partial charge in [-0.15, -0.1) is 0 Å². The average Bonchev–Trinajstić information content (AvgIpc) is 3.55. The van der Waals surface area contributed by atoms with Crippen LogP contribution in [-0.4, -0.2) is 35.2 Å². The van der Waals surface area contributed by atoms with Crippen molar-refractivity contribution in [1.29, 1.82) is 0 Å². The summed E-state index contributed by atoms with van der Waals surface area (Å²) in [6.07, 6.45) is 1.27. The number of esters is 1. The van der Waals surface area contributed by atoms with Gasteiger partial charge in [-0.3, -0.25) is 0 Å². The summed E-state index contributed by atoms with van der Waals surface area (Å²) < 4.78 is 25.1. The van der Waals surface area contributed by atoms with E-state index in [0.29, 0.717) is 53.1 Å². The van der Waals surface area contributed by atoms with Gasteiger partial charge in [0.1, 0.15) is 22.9 Å². The summed E-state index contributed by atoms with van der Waals surface area (Å²) in [5.74, 6) is 0.513. The largest absolute Gasteiger partial charge is 0.497 e. The van der Waals surface area contributed by atoms with Gasteiger partial charge in [-0.05, 0) is 62.2 Å². The van der Waals surface area contributed by atoms with Crippen molar-refractivity contribution < 1.29 is 18.7 Å². The zero-order chi connectivity index (χ0) is 22.0. The Morgan fingerprint density at radius 1 is 1.16 bits per heavy atom. The molecule has 0 aliphatic heterocycles. The monoisotopic (exact) mass is 441 g/mol. The van der Waals surface area contributed by atoms with E-state index in [4.69, 9.17) is 21.1 Å². The zero-order valence-electron chi connectivity index (χ0n) is 17.1. The van der Waals surface area contributed by atoms with Gasteiger partial charge in [-0.25, -0.2) is 19.2 Å². The van der Waals surface area contributed by atoms with E-state index in [1.165, 1.54) is 13.2 Å². The Morgan fingerprint density at radius 2 is 1.90 bits per heavy atom. The van der Waals surface area contributed by atoms with Crippen molar-refractivity contribution in [3.8, 4) is 28.4 Å². The summed E-state index contributed by atoms with van der Waals surface area (Å²) in [5.41, 5.74) is 0.518. The molecule has 1 saturated carbocycles. The van der Waals surface area contributed by atoms with Gasteiger partial charge in [0, 0.05) is 22.2 Å². The molecule has 4 rings (SSSR count). The van der Waals surface area contributed by atoms with Crippen LogP contribution in [0.2, 0.25) is 5.02 Å². The molecule has 1 aromatic heterocycles. The summed E-state index contributed by atoms with van der Waals surface area (Å²) in [7, 11) is 1.51. The maximum atomic E-state index is 14.7. The number of nitrogens with zero attached hydrogens (tertiary/aromatic N) is 2. The van der Waals surface area contributed by atoms with Crippen molar-refractivity contribution in [2.45, 2.75) is 25.3 Å². The number of methoxy groups -OCH3 is 1. The van der Waals surface area contributed by atoms with Crippen molar-refractivity contribution >= 4 is 23.4 Å². The second-order valence-corrected chi connectivity index (χ2v) is 7.68. The SMILES string of the molecule is CCOC(=O)C1(Nc2cc(-c3cc(OC)ccc3F)nc(-c3ccc(Cl)cc3)n2)CC1. The normalized spacial score (nSPS) is 14.1. The van der Waals surface area contributed by atoms with Gasteiger partial charge in [-0.1, -0.05) is 11.6 Å². The first kappa shape index (κ1) is 21.1. The van der Waals surface area contributed by atoms with Gasteiger partial charge in [0.2, 0.25) is 0 Å². The van der Waals surface area contributed by atoms with Gasteiger partial charge < -0.3 is 14.8 Å². The summed E-state index contributed by atoms with van der Waals surface area (Å²) >= 11 is 6.00. The van der Waals surface area contributed by atoms with Crippen LogP contribution in [0.25, 0.3) is 22.6 Å². The number of carbonyl (C=O) groups excluding carboxylic acids is 1. The minimum atomic E-state index is -0.814. The van der Waals surface area contributed by atoms with Gasteiger partial charge in [0.15, 0.2) is 5.82 Å². The third-order valence-electron chi connectivity index (χ3n) is 5.06. The highest BCUT2D eigenvalue weighted by molar-refractivity contribution is 6.30. The molecule has 8 heteroatoms. The van der Waals surface area contributed by atoms with Gasteiger partial charge >= 0.3 is 5.97 Å². The molecule has 0 atom stereocenters. The Kier molecular flexibility index (Phi) is 5.78. The van der Waals surface area contributed by atoms with E-state index < -0.39 is 11.4 Å². The molecule has 1 aliphatic carbocycles. The molecule has 1 heterocycles. The number of halogens is 2. The van der Waals surface area contributed by atoms with E-state index >= 15 is 0 Å². The van der Waals surface area contributed by atoms with Crippen molar-refractivity contribution in [2.75, 3.05) is 19.0 Å². The molecule has 2 aromatic carbocycles. The number of hydrogen-bond acceptors (Lipinski definition) is 6. The number of aromatic nitrogens is 2. The van der Waals surface area contributed by atoms with E-state index in [1.54, 1.807) is 49.4 Å². The molecular weight excluding hydrogens is 421 g/mol. The number of benzene rings is 2. The van der Waals surface area contributed by atoms with Crippen LogP contribution >= 0.6 is 11.6 Å². The number of nitrogens with one attached hydrogen (secondary N) is 1. The molecule has 1 fully saturated rings. The van der Waals surface area contributed by atoms with Crippen LogP contribution in [0.3, 0.4) is 0 Å². The summed E-state index contributed by atoms with van der Waals surface area (Å²) in [6.45, 7) is 2.06. The molecular formula is C23H21ClFN3O3. The summed E-state index contributed by atoms with van der Waals surface area (Å²) in [5, 5.41) is 3.77. The van der Waals surface area contributed by atoms with E-state index in [9.17, 15) is 9.18 Å². The molecule has 6 nitrogen and oxygen atoms in total. The first-order chi connectivity index (χ1) is 14.9. The lowest BCUT2D eigenvalue weighted by atomic mass is 10.1. The predicted molar refractivity (Wildman–Crippen MR) is 117 cm³/mol. The molecule has 0 spiro atoms. The zero-order valence-corrected chi connectivity index (χ0v) is 17.9. The minimum Gasteiger partial charge on any atom is -0.497 e. The van der Waals surface area contributed by atoms with Crippen LogP contribution < -0.4 is 10.1 Å². The van der Waals surface area contributed by atoms with Crippen molar-refractivity contribution in [3.63, 3.8) is 0 Å². The molecule has 1 N–H and O–H groups in total. The second-order valence-electron chi connectivity index (χ2n) is 7.24. The first-order valence-electron chi connectivity index (χ1n) is 9.88. The fraction of sp³-hybridized carbons (Fsp3) is 0.261. The van der Waals surface area contributed by atoms with Crippen molar-refractivity contribution in [3.05, 3.63) is 59.4 Å². The number of hydrogen-bond donors (Lipinski definition) is 1. The number of anilines is 1. The topological polar surface area (TPSA) is 73.3 Å². The molecule has 0 bridgehead atoms. The molecule has 0 saturated heterocycles. The highest BCUT2D eigenvalue weighted by Gasteiger charge is 2.52. The standard InChI is InChI=1S/C23H21ClFN3O3/c1-3-31-22(29)23(10-11-23)28-20-13-19(17-12-16(30-2)8-9-18(17)25)26-21(27-20)14-4-6-15(24)7-5-14/h4-9,12-13H,3,10-11H2,1-2H3,(H,26,27,28). The lowest BCUT2D eigenvalue weighted by Gasteiger charge is -2.18. The predicted octanol–water partition coefficient (Wildman–Crippen LogP) is 5.12. The molecule has 3 aromatic rings. The molecule has 0 amide bonds. The van der Waals surface area contributed by atoms with Crippen LogP contribution in [0.4, 0.5) is 10.2 Å². The summed E-state index contributed by atoms with van der Waals surface area (Å²) in [4.78, 5) is 21.5. The fourth-order valence-corrected chi connectivity index (χ4v) is 3.35. The van der Waals surface area contributed by atoms with Gasteiger partial charge in [0.25, 0.3) is 0 Å². The first-order valence-corrected chi connectivity index (χ1v) is 10.3. The molecule has 31 heavy (non-hydrogen) atoms.